The highest BCUT2D eigenvalue weighted by molar-refractivity contribution is 5.60. The number of benzene rings is 1. The summed E-state index contributed by atoms with van der Waals surface area (Å²) in [5.74, 6) is 0.863. The van der Waals surface area contributed by atoms with Crippen molar-refractivity contribution in [2.45, 2.75) is 13.5 Å². The highest BCUT2D eigenvalue weighted by Gasteiger charge is 2.08. The van der Waals surface area contributed by atoms with Crippen LogP contribution < -0.4 is 10.6 Å². The van der Waals surface area contributed by atoms with E-state index < -0.39 is 0 Å². The van der Waals surface area contributed by atoms with Crippen LogP contribution in [0.4, 0.5) is 11.5 Å². The second-order valence-electron chi connectivity index (χ2n) is 4.83. The van der Waals surface area contributed by atoms with Crippen molar-refractivity contribution in [3.63, 3.8) is 0 Å². The predicted molar refractivity (Wildman–Crippen MR) is 80.1 cm³/mol. The topological polar surface area (TPSA) is 59.5 Å². The van der Waals surface area contributed by atoms with Gasteiger partial charge in [-0.2, -0.15) is 0 Å². The van der Waals surface area contributed by atoms with E-state index in [2.05, 4.69) is 41.3 Å². The van der Waals surface area contributed by atoms with Crippen molar-refractivity contribution in [3.05, 3.63) is 53.9 Å². The number of hydrogen-bond acceptors (Lipinski definition) is 4. The lowest BCUT2D eigenvalue weighted by molar-refractivity contribution is 0.909. The molecule has 0 saturated heterocycles. The van der Waals surface area contributed by atoms with Crippen LogP contribution in [0.15, 0.2) is 42.6 Å². The predicted octanol–water partition coefficient (Wildman–Crippen LogP) is 2.26. The van der Waals surface area contributed by atoms with E-state index in [0.29, 0.717) is 6.54 Å². The van der Waals surface area contributed by atoms with Crippen molar-refractivity contribution in [1.82, 2.24) is 14.6 Å². The van der Waals surface area contributed by atoms with E-state index >= 15 is 0 Å². The van der Waals surface area contributed by atoms with E-state index in [4.69, 9.17) is 5.73 Å². The molecule has 20 heavy (non-hydrogen) atoms. The zero-order chi connectivity index (χ0) is 14.1. The van der Waals surface area contributed by atoms with Gasteiger partial charge in [-0.05, 0) is 31.2 Å². The van der Waals surface area contributed by atoms with Crippen LogP contribution in [0.5, 0.6) is 0 Å². The Bertz CT molecular complexity index is 730. The third-order valence-corrected chi connectivity index (χ3v) is 3.33. The number of aromatic nitrogens is 3. The molecule has 5 heteroatoms. The van der Waals surface area contributed by atoms with E-state index in [9.17, 15) is 0 Å². The van der Waals surface area contributed by atoms with Gasteiger partial charge in [0.25, 0.3) is 0 Å². The van der Waals surface area contributed by atoms with Crippen LogP contribution in [0.1, 0.15) is 11.3 Å². The molecule has 1 aromatic carbocycles. The van der Waals surface area contributed by atoms with Gasteiger partial charge < -0.3 is 10.6 Å². The lowest BCUT2D eigenvalue weighted by atomic mass is 10.2. The first-order chi connectivity index (χ1) is 9.67. The maximum atomic E-state index is 5.60. The summed E-state index contributed by atoms with van der Waals surface area (Å²) >= 11 is 0. The summed E-state index contributed by atoms with van der Waals surface area (Å²) in [5.41, 5.74) is 9.60. The van der Waals surface area contributed by atoms with E-state index in [1.807, 2.05) is 30.3 Å². The fourth-order valence-electron chi connectivity index (χ4n) is 2.10. The number of nitrogens with two attached hydrogens (primary N) is 1. The van der Waals surface area contributed by atoms with Crippen LogP contribution in [0.3, 0.4) is 0 Å². The molecule has 2 heterocycles. The first kappa shape index (κ1) is 12.6. The largest absolute Gasteiger partial charge is 0.328 e. The molecule has 0 atom stereocenters. The van der Waals surface area contributed by atoms with Crippen molar-refractivity contribution in [3.8, 4) is 0 Å². The van der Waals surface area contributed by atoms with Crippen molar-refractivity contribution in [1.29, 1.82) is 0 Å². The van der Waals surface area contributed by atoms with Gasteiger partial charge in [0.2, 0.25) is 0 Å². The first-order valence-corrected chi connectivity index (χ1v) is 6.53. The number of nitrogens with zero attached hydrogens (tertiary/aromatic N) is 4. The van der Waals surface area contributed by atoms with E-state index in [1.165, 1.54) is 5.56 Å². The molecular formula is C15H17N5. The normalized spacial score (nSPS) is 10.9. The molecule has 5 nitrogen and oxygen atoms in total. The molecule has 0 spiro atoms. The van der Waals surface area contributed by atoms with E-state index in [0.717, 1.165) is 22.8 Å². The first-order valence-electron chi connectivity index (χ1n) is 6.53. The Morgan fingerprint density at radius 2 is 1.90 bits per heavy atom. The van der Waals surface area contributed by atoms with E-state index in [-0.39, 0.29) is 0 Å². The van der Waals surface area contributed by atoms with Gasteiger partial charge in [0.15, 0.2) is 11.5 Å². The Morgan fingerprint density at radius 1 is 1.15 bits per heavy atom. The van der Waals surface area contributed by atoms with E-state index in [1.54, 1.807) is 4.52 Å². The van der Waals surface area contributed by atoms with Crippen LogP contribution >= 0.6 is 0 Å². The fourth-order valence-corrected chi connectivity index (χ4v) is 2.10. The number of rotatable bonds is 3. The molecule has 0 aliphatic heterocycles. The van der Waals surface area contributed by atoms with Crippen LogP contribution in [-0.2, 0) is 6.54 Å². The van der Waals surface area contributed by atoms with Crippen LogP contribution in [0.25, 0.3) is 5.65 Å². The SMILES string of the molecule is Cc1ccc(N(C)c2ccc3nc(CN)cn3n2)cc1. The zero-order valence-electron chi connectivity index (χ0n) is 11.6. The highest BCUT2D eigenvalue weighted by atomic mass is 15.3. The van der Waals surface area contributed by atoms with Gasteiger partial charge in [0.05, 0.1) is 11.9 Å². The molecule has 0 unspecified atom stereocenters. The van der Waals surface area contributed by atoms with Crippen molar-refractivity contribution < 1.29 is 0 Å². The summed E-state index contributed by atoms with van der Waals surface area (Å²) in [6, 6.07) is 12.3. The molecule has 3 rings (SSSR count). The number of aryl methyl sites for hydroxylation is 1. The Labute approximate surface area is 117 Å². The summed E-state index contributed by atoms with van der Waals surface area (Å²) in [5, 5.41) is 4.57. The van der Waals surface area contributed by atoms with Crippen molar-refractivity contribution >= 4 is 17.2 Å². The van der Waals surface area contributed by atoms with Gasteiger partial charge in [-0.1, -0.05) is 17.7 Å². The lowest BCUT2D eigenvalue weighted by Gasteiger charge is -2.18. The zero-order valence-corrected chi connectivity index (χ0v) is 11.6. The summed E-state index contributed by atoms with van der Waals surface area (Å²) in [7, 11) is 2.00. The number of anilines is 2. The minimum atomic E-state index is 0.423. The third kappa shape index (κ3) is 2.23. The Morgan fingerprint density at radius 3 is 2.60 bits per heavy atom. The molecule has 2 N–H and O–H groups in total. The third-order valence-electron chi connectivity index (χ3n) is 3.33. The second kappa shape index (κ2) is 4.94. The van der Waals surface area contributed by atoms with Crippen LogP contribution in [0, 0.1) is 6.92 Å². The molecule has 0 amide bonds. The molecule has 0 fully saturated rings. The monoisotopic (exact) mass is 267 g/mol. The minimum Gasteiger partial charge on any atom is -0.328 e. The maximum Gasteiger partial charge on any atom is 0.153 e. The second-order valence-corrected chi connectivity index (χ2v) is 4.83. The number of fused-ring (bicyclic) bond motifs is 1. The summed E-state index contributed by atoms with van der Waals surface area (Å²) in [6.07, 6.45) is 1.86. The van der Waals surface area contributed by atoms with Crippen LogP contribution in [0.2, 0.25) is 0 Å². The fraction of sp³-hybridized carbons (Fsp3) is 0.200. The molecule has 2 aromatic heterocycles. The Hall–Kier alpha value is -2.40. The average Bonchev–Trinajstić information content (AvgIpc) is 2.89. The summed E-state index contributed by atoms with van der Waals surface area (Å²) < 4.78 is 1.77. The van der Waals surface area contributed by atoms with Gasteiger partial charge >= 0.3 is 0 Å². The van der Waals surface area contributed by atoms with Gasteiger partial charge in [-0.3, -0.25) is 0 Å². The highest BCUT2D eigenvalue weighted by Crippen LogP contribution is 2.22. The Kier molecular flexibility index (Phi) is 3.12. The van der Waals surface area contributed by atoms with Crippen molar-refractivity contribution in [2.24, 2.45) is 5.73 Å². The summed E-state index contributed by atoms with van der Waals surface area (Å²) in [4.78, 5) is 6.42. The molecule has 0 saturated carbocycles. The van der Waals surface area contributed by atoms with Crippen LogP contribution in [-0.4, -0.2) is 21.6 Å². The number of imidazole rings is 1. The van der Waals surface area contributed by atoms with Gasteiger partial charge in [-0.25, -0.2) is 9.50 Å². The quantitative estimate of drug-likeness (QED) is 0.790. The Balaban J connectivity index is 1.98. The maximum absolute atomic E-state index is 5.60. The summed E-state index contributed by atoms with van der Waals surface area (Å²) in [6.45, 7) is 2.50. The molecule has 0 aliphatic carbocycles. The molecule has 3 aromatic rings. The standard InChI is InChI=1S/C15H17N5/c1-11-3-5-13(6-4-11)19(2)15-8-7-14-17-12(9-16)10-20(14)18-15/h3-8,10H,9,16H2,1-2H3. The number of hydrogen-bond donors (Lipinski definition) is 1. The smallest absolute Gasteiger partial charge is 0.153 e. The molecule has 0 bridgehead atoms. The molecule has 102 valence electrons. The van der Waals surface area contributed by atoms with Gasteiger partial charge in [0, 0.05) is 19.3 Å². The molecule has 0 radical (unpaired) electrons. The van der Waals surface area contributed by atoms with Crippen molar-refractivity contribution in [2.75, 3.05) is 11.9 Å². The minimum absolute atomic E-state index is 0.423. The van der Waals surface area contributed by atoms with Gasteiger partial charge in [0.1, 0.15) is 0 Å². The molecule has 0 aliphatic rings. The molecular weight excluding hydrogens is 250 g/mol. The lowest BCUT2D eigenvalue weighted by Crippen LogP contribution is -2.12. The average molecular weight is 267 g/mol. The van der Waals surface area contributed by atoms with Gasteiger partial charge in [-0.15, -0.1) is 5.10 Å².